The average Bonchev–Trinajstić information content (AvgIpc) is 2.66. The van der Waals surface area contributed by atoms with Gasteiger partial charge >= 0.3 is 0 Å². The zero-order chi connectivity index (χ0) is 12.0. The summed E-state index contributed by atoms with van der Waals surface area (Å²) in [5.74, 6) is 0.162. The van der Waals surface area contributed by atoms with E-state index in [1.807, 2.05) is 20.8 Å². The highest BCUT2D eigenvalue weighted by Crippen LogP contribution is 2.07. The minimum Gasteiger partial charge on any atom is -0.368 e. The minimum atomic E-state index is -0.237. The van der Waals surface area contributed by atoms with Gasteiger partial charge in [0.25, 0.3) is 0 Å². The molecule has 0 spiro atoms. The Labute approximate surface area is 96.4 Å². The first-order chi connectivity index (χ1) is 7.47. The van der Waals surface area contributed by atoms with E-state index in [0.29, 0.717) is 6.42 Å². The number of carbonyl (C=O) groups is 1. The van der Waals surface area contributed by atoms with Gasteiger partial charge in [0.05, 0.1) is 11.9 Å². The van der Waals surface area contributed by atoms with Gasteiger partial charge in [-0.1, -0.05) is 0 Å². The summed E-state index contributed by atoms with van der Waals surface area (Å²) < 4.78 is 5.41. The van der Waals surface area contributed by atoms with Gasteiger partial charge in [0.2, 0.25) is 0 Å². The molecule has 0 bridgehead atoms. The Morgan fingerprint density at radius 1 is 1.50 bits per heavy atom. The monoisotopic (exact) mass is 224 g/mol. The molecule has 0 saturated heterocycles. The zero-order valence-corrected chi connectivity index (χ0v) is 10.2. The maximum absolute atomic E-state index is 11.5. The number of imidazole rings is 1. The molecule has 0 amide bonds. The van der Waals surface area contributed by atoms with Crippen LogP contribution in [0.5, 0.6) is 0 Å². The topological polar surface area (TPSA) is 55.0 Å². The van der Waals surface area contributed by atoms with Crippen molar-refractivity contribution < 1.29 is 9.53 Å². The molecule has 16 heavy (non-hydrogen) atoms. The lowest BCUT2D eigenvalue weighted by molar-refractivity contribution is -0.128. The fourth-order valence-corrected chi connectivity index (χ4v) is 1.27. The molecule has 0 radical (unpaired) electrons. The Morgan fingerprint density at radius 3 is 2.81 bits per heavy atom. The summed E-state index contributed by atoms with van der Waals surface area (Å²) in [6, 6.07) is 0. The number of nitrogens with zero attached hydrogens (tertiary/aromatic N) is 1. The molecule has 1 N–H and O–H groups in total. The summed E-state index contributed by atoms with van der Waals surface area (Å²) in [5, 5.41) is 0. The van der Waals surface area contributed by atoms with Crippen LogP contribution >= 0.6 is 0 Å². The quantitative estimate of drug-likeness (QED) is 0.805. The van der Waals surface area contributed by atoms with E-state index in [9.17, 15) is 4.79 Å². The SMILES string of the molecule is CC(C)(C)OCC(=O)CCCc1cnc[nH]1. The predicted molar refractivity (Wildman–Crippen MR) is 62.2 cm³/mol. The van der Waals surface area contributed by atoms with Crippen molar-refractivity contribution in [2.75, 3.05) is 6.61 Å². The lowest BCUT2D eigenvalue weighted by atomic mass is 10.1. The number of rotatable bonds is 6. The van der Waals surface area contributed by atoms with Gasteiger partial charge in [0.1, 0.15) is 6.61 Å². The van der Waals surface area contributed by atoms with E-state index >= 15 is 0 Å². The van der Waals surface area contributed by atoms with Crippen molar-refractivity contribution in [3.8, 4) is 0 Å². The molecule has 0 atom stereocenters. The number of aromatic nitrogens is 2. The number of ketones is 1. The molecule has 4 heteroatoms. The molecule has 1 aromatic rings. The lowest BCUT2D eigenvalue weighted by Gasteiger charge is -2.18. The summed E-state index contributed by atoms with van der Waals surface area (Å²) in [4.78, 5) is 18.4. The second kappa shape index (κ2) is 5.80. The largest absolute Gasteiger partial charge is 0.368 e. The maximum Gasteiger partial charge on any atom is 0.158 e. The first kappa shape index (κ1) is 12.9. The van der Waals surface area contributed by atoms with Crippen molar-refractivity contribution in [3.05, 3.63) is 18.2 Å². The maximum atomic E-state index is 11.5. The number of carbonyl (C=O) groups excluding carboxylic acids is 1. The van der Waals surface area contributed by atoms with Crippen LogP contribution in [0.15, 0.2) is 12.5 Å². The molecule has 0 aliphatic rings. The molecular formula is C12H20N2O2. The van der Waals surface area contributed by atoms with Gasteiger partial charge in [0.15, 0.2) is 5.78 Å². The van der Waals surface area contributed by atoms with Crippen LogP contribution in [0, 0.1) is 0 Å². The number of ether oxygens (including phenoxy) is 1. The van der Waals surface area contributed by atoms with Crippen molar-refractivity contribution in [2.24, 2.45) is 0 Å². The van der Waals surface area contributed by atoms with Gasteiger partial charge in [-0.2, -0.15) is 0 Å². The molecule has 4 nitrogen and oxygen atoms in total. The smallest absolute Gasteiger partial charge is 0.158 e. The highest BCUT2D eigenvalue weighted by atomic mass is 16.5. The van der Waals surface area contributed by atoms with E-state index in [4.69, 9.17) is 4.74 Å². The Bertz CT molecular complexity index is 312. The summed E-state index contributed by atoms with van der Waals surface area (Å²) in [7, 11) is 0. The van der Waals surface area contributed by atoms with E-state index in [1.54, 1.807) is 12.5 Å². The van der Waals surface area contributed by atoms with E-state index in [0.717, 1.165) is 18.5 Å². The molecule has 0 aliphatic heterocycles. The Hall–Kier alpha value is -1.16. The molecule has 0 unspecified atom stereocenters. The molecule has 1 rings (SSSR count). The molecule has 90 valence electrons. The van der Waals surface area contributed by atoms with E-state index in [2.05, 4.69) is 9.97 Å². The van der Waals surface area contributed by atoms with Crippen LogP contribution in [-0.4, -0.2) is 28.0 Å². The van der Waals surface area contributed by atoms with Crippen LogP contribution in [-0.2, 0) is 16.0 Å². The number of aromatic amines is 1. The second-order valence-corrected chi connectivity index (χ2v) is 4.87. The first-order valence-electron chi connectivity index (χ1n) is 5.60. The van der Waals surface area contributed by atoms with Crippen molar-refractivity contribution in [3.63, 3.8) is 0 Å². The third-order valence-electron chi connectivity index (χ3n) is 2.12. The second-order valence-electron chi connectivity index (χ2n) is 4.87. The van der Waals surface area contributed by atoms with Crippen molar-refractivity contribution >= 4 is 5.78 Å². The minimum absolute atomic E-state index is 0.162. The molecular weight excluding hydrogens is 204 g/mol. The standard InChI is InChI=1S/C12H20N2O2/c1-12(2,3)16-8-11(15)6-4-5-10-7-13-9-14-10/h7,9H,4-6,8H2,1-3H3,(H,13,14). The van der Waals surface area contributed by atoms with Crippen molar-refractivity contribution in [1.29, 1.82) is 0 Å². The van der Waals surface area contributed by atoms with E-state index in [1.165, 1.54) is 0 Å². The van der Waals surface area contributed by atoms with E-state index < -0.39 is 0 Å². The van der Waals surface area contributed by atoms with Crippen LogP contribution in [0.2, 0.25) is 0 Å². The highest BCUT2D eigenvalue weighted by Gasteiger charge is 2.12. The predicted octanol–water partition coefficient (Wildman–Crippen LogP) is 2.12. The molecule has 1 heterocycles. The van der Waals surface area contributed by atoms with Gasteiger partial charge in [-0.05, 0) is 33.6 Å². The Morgan fingerprint density at radius 2 is 2.25 bits per heavy atom. The van der Waals surface area contributed by atoms with Crippen LogP contribution in [0.1, 0.15) is 39.3 Å². The number of hydrogen-bond donors (Lipinski definition) is 1. The Kier molecular flexibility index (Phi) is 4.68. The highest BCUT2D eigenvalue weighted by molar-refractivity contribution is 5.79. The number of H-pyrrole nitrogens is 1. The summed E-state index contributed by atoms with van der Waals surface area (Å²) >= 11 is 0. The fraction of sp³-hybridized carbons (Fsp3) is 0.667. The van der Waals surface area contributed by atoms with Gasteiger partial charge in [0, 0.05) is 18.3 Å². The molecule has 0 saturated carbocycles. The van der Waals surface area contributed by atoms with Gasteiger partial charge < -0.3 is 9.72 Å². The molecule has 0 aromatic carbocycles. The van der Waals surface area contributed by atoms with Gasteiger partial charge in [-0.25, -0.2) is 4.98 Å². The lowest BCUT2D eigenvalue weighted by Crippen LogP contribution is -2.23. The van der Waals surface area contributed by atoms with Crippen LogP contribution in [0.25, 0.3) is 0 Å². The molecule has 1 aromatic heterocycles. The summed E-state index contributed by atoms with van der Waals surface area (Å²) in [6.45, 7) is 6.06. The number of Topliss-reactive ketones (excluding diaryl/α,β-unsaturated/α-hetero) is 1. The van der Waals surface area contributed by atoms with Crippen LogP contribution < -0.4 is 0 Å². The third-order valence-corrected chi connectivity index (χ3v) is 2.12. The number of nitrogens with one attached hydrogen (secondary N) is 1. The summed E-state index contributed by atoms with van der Waals surface area (Å²) in [6.07, 6.45) is 5.71. The first-order valence-corrected chi connectivity index (χ1v) is 5.60. The van der Waals surface area contributed by atoms with Crippen LogP contribution in [0.3, 0.4) is 0 Å². The fourth-order valence-electron chi connectivity index (χ4n) is 1.27. The van der Waals surface area contributed by atoms with E-state index in [-0.39, 0.29) is 18.0 Å². The zero-order valence-electron chi connectivity index (χ0n) is 10.2. The number of aryl methyl sites for hydroxylation is 1. The Balaban J connectivity index is 2.11. The number of hydrogen-bond acceptors (Lipinski definition) is 3. The average molecular weight is 224 g/mol. The third kappa shape index (κ3) is 5.66. The van der Waals surface area contributed by atoms with Gasteiger partial charge in [-0.3, -0.25) is 4.79 Å². The molecule has 0 aliphatic carbocycles. The van der Waals surface area contributed by atoms with Crippen molar-refractivity contribution in [1.82, 2.24) is 9.97 Å². The van der Waals surface area contributed by atoms with Gasteiger partial charge in [-0.15, -0.1) is 0 Å². The van der Waals surface area contributed by atoms with Crippen LogP contribution in [0.4, 0.5) is 0 Å². The van der Waals surface area contributed by atoms with Crippen molar-refractivity contribution in [2.45, 2.75) is 45.6 Å². The molecule has 0 fully saturated rings. The normalized spacial score (nSPS) is 11.7. The summed E-state index contributed by atoms with van der Waals surface area (Å²) in [5.41, 5.74) is 0.837.